The second-order valence-corrected chi connectivity index (χ2v) is 6.83. The van der Waals surface area contributed by atoms with Crippen LogP contribution in [-0.4, -0.2) is 47.2 Å². The van der Waals surface area contributed by atoms with Gasteiger partial charge in [-0.1, -0.05) is 24.3 Å². The first-order chi connectivity index (χ1) is 14.2. The number of hydrogen-bond donors (Lipinski definition) is 2. The van der Waals surface area contributed by atoms with E-state index in [0.717, 1.165) is 43.2 Å². The third-order valence-corrected chi connectivity index (χ3v) is 4.83. The van der Waals surface area contributed by atoms with Crippen LogP contribution in [0.3, 0.4) is 0 Å². The van der Waals surface area contributed by atoms with Crippen LogP contribution in [0.5, 0.6) is 0 Å². The number of rotatable bonds is 4. The summed E-state index contributed by atoms with van der Waals surface area (Å²) in [7, 11) is 0. The number of piperazine rings is 1. The Morgan fingerprint density at radius 2 is 1.55 bits per heavy atom. The minimum atomic E-state index is -0.320. The molecule has 0 unspecified atom stereocenters. The number of carbonyl (C=O) groups is 1. The predicted octanol–water partition coefficient (Wildman–Crippen LogP) is 3.15. The molecule has 1 aliphatic rings. The zero-order valence-electron chi connectivity index (χ0n) is 16.2. The van der Waals surface area contributed by atoms with Gasteiger partial charge in [0, 0.05) is 38.1 Å². The Balaban J connectivity index is 1.31. The van der Waals surface area contributed by atoms with Gasteiger partial charge in [0.2, 0.25) is 5.95 Å². The Labute approximate surface area is 169 Å². The summed E-state index contributed by atoms with van der Waals surface area (Å²) in [5.74, 6) is 1.66. The van der Waals surface area contributed by atoms with Crippen LogP contribution in [0.25, 0.3) is 0 Å². The van der Waals surface area contributed by atoms with Crippen molar-refractivity contribution in [2.24, 2.45) is 0 Å². The Morgan fingerprint density at radius 1 is 0.862 bits per heavy atom. The Bertz CT molecular complexity index is 954. The van der Waals surface area contributed by atoms with Crippen molar-refractivity contribution in [2.75, 3.05) is 46.6 Å². The molecule has 0 radical (unpaired) electrons. The maximum atomic E-state index is 12.2. The highest BCUT2D eigenvalue weighted by Crippen LogP contribution is 2.17. The van der Waals surface area contributed by atoms with Gasteiger partial charge in [-0.3, -0.25) is 0 Å². The van der Waals surface area contributed by atoms with Crippen LogP contribution in [0, 0.1) is 6.92 Å². The number of aromatic nitrogens is 3. The maximum absolute atomic E-state index is 12.2. The van der Waals surface area contributed by atoms with Gasteiger partial charge in [0.05, 0.1) is 18.1 Å². The van der Waals surface area contributed by atoms with Gasteiger partial charge >= 0.3 is 6.03 Å². The van der Waals surface area contributed by atoms with Crippen LogP contribution in [-0.2, 0) is 0 Å². The minimum absolute atomic E-state index is 0.320. The number of nitrogens with zero attached hydrogens (tertiary/aromatic N) is 5. The average Bonchev–Trinajstić information content (AvgIpc) is 2.77. The Morgan fingerprint density at radius 3 is 2.24 bits per heavy atom. The van der Waals surface area contributed by atoms with Crippen LogP contribution in [0.15, 0.2) is 61.1 Å². The third kappa shape index (κ3) is 4.60. The fourth-order valence-corrected chi connectivity index (χ4v) is 3.22. The molecular formula is C21H23N7O. The molecule has 2 N–H and O–H groups in total. The number of anilines is 4. The van der Waals surface area contributed by atoms with Crippen LogP contribution in [0.1, 0.15) is 5.56 Å². The van der Waals surface area contributed by atoms with Gasteiger partial charge in [0.25, 0.3) is 0 Å². The van der Waals surface area contributed by atoms with Crippen molar-refractivity contribution in [3.8, 4) is 0 Å². The Kier molecular flexibility index (Phi) is 5.51. The monoisotopic (exact) mass is 389 g/mol. The molecule has 3 aromatic rings. The van der Waals surface area contributed by atoms with Gasteiger partial charge in [-0.15, -0.1) is 0 Å². The molecule has 1 aromatic carbocycles. The maximum Gasteiger partial charge on any atom is 0.323 e. The molecule has 29 heavy (non-hydrogen) atoms. The summed E-state index contributed by atoms with van der Waals surface area (Å²) in [5, 5.41) is 5.60. The summed E-state index contributed by atoms with van der Waals surface area (Å²) < 4.78 is 0. The molecule has 3 heterocycles. The van der Waals surface area contributed by atoms with E-state index in [1.807, 2.05) is 55.6 Å². The van der Waals surface area contributed by atoms with Gasteiger partial charge in [-0.2, -0.15) is 0 Å². The molecule has 8 nitrogen and oxygen atoms in total. The predicted molar refractivity (Wildman–Crippen MR) is 115 cm³/mol. The molecule has 0 aliphatic carbocycles. The molecule has 4 rings (SSSR count). The van der Waals surface area contributed by atoms with Crippen LogP contribution >= 0.6 is 0 Å². The van der Waals surface area contributed by atoms with E-state index in [1.165, 1.54) is 0 Å². The smallest absolute Gasteiger partial charge is 0.323 e. The van der Waals surface area contributed by atoms with E-state index in [1.54, 1.807) is 12.4 Å². The average molecular weight is 389 g/mol. The summed E-state index contributed by atoms with van der Waals surface area (Å²) in [5.41, 5.74) is 2.32. The normalized spacial score (nSPS) is 13.8. The molecule has 8 heteroatoms. The number of amides is 2. The lowest BCUT2D eigenvalue weighted by atomic mass is 10.2. The van der Waals surface area contributed by atoms with Crippen molar-refractivity contribution >= 4 is 29.2 Å². The lowest BCUT2D eigenvalue weighted by molar-refractivity contribution is 0.262. The van der Waals surface area contributed by atoms with E-state index >= 15 is 0 Å². The fourth-order valence-electron chi connectivity index (χ4n) is 3.22. The van der Waals surface area contributed by atoms with Crippen LogP contribution in [0.2, 0.25) is 0 Å². The van der Waals surface area contributed by atoms with Crippen molar-refractivity contribution in [3.05, 3.63) is 66.6 Å². The number of hydrogen-bond acceptors (Lipinski definition) is 6. The number of carbonyl (C=O) groups excluding carboxylic acids is 1. The second-order valence-electron chi connectivity index (χ2n) is 6.83. The number of aryl methyl sites for hydroxylation is 1. The standard InChI is InChI=1S/C21H23N7O/c1-16-6-2-3-7-18(16)26-21(29)25-17-14-23-20(24-15-17)28-12-10-27(11-13-28)19-8-4-5-9-22-19/h2-9,14-15H,10-13H2,1H3,(H2,25,26,29). The van der Waals surface area contributed by atoms with Crippen molar-refractivity contribution in [1.29, 1.82) is 0 Å². The van der Waals surface area contributed by atoms with E-state index in [2.05, 4.69) is 35.4 Å². The van der Waals surface area contributed by atoms with E-state index in [-0.39, 0.29) is 6.03 Å². The van der Waals surface area contributed by atoms with Gasteiger partial charge in [0.15, 0.2) is 0 Å². The second kappa shape index (κ2) is 8.55. The zero-order chi connectivity index (χ0) is 20.1. The van der Waals surface area contributed by atoms with Crippen molar-refractivity contribution in [3.63, 3.8) is 0 Å². The molecule has 1 saturated heterocycles. The number of urea groups is 1. The first-order valence-electron chi connectivity index (χ1n) is 9.56. The van der Waals surface area contributed by atoms with Crippen molar-refractivity contribution in [1.82, 2.24) is 15.0 Å². The quantitative estimate of drug-likeness (QED) is 0.713. The minimum Gasteiger partial charge on any atom is -0.353 e. The van der Waals surface area contributed by atoms with Gasteiger partial charge in [-0.25, -0.2) is 19.7 Å². The van der Waals surface area contributed by atoms with E-state index in [9.17, 15) is 4.79 Å². The van der Waals surface area contributed by atoms with Gasteiger partial charge in [-0.05, 0) is 30.7 Å². The van der Waals surface area contributed by atoms with Crippen molar-refractivity contribution in [2.45, 2.75) is 6.92 Å². The molecule has 0 atom stereocenters. The molecular weight excluding hydrogens is 366 g/mol. The molecule has 1 fully saturated rings. The summed E-state index contributed by atoms with van der Waals surface area (Å²) in [6.45, 7) is 5.30. The summed E-state index contributed by atoms with van der Waals surface area (Å²) in [6.07, 6.45) is 5.07. The van der Waals surface area contributed by atoms with Crippen molar-refractivity contribution < 1.29 is 4.79 Å². The van der Waals surface area contributed by atoms with Crippen LogP contribution < -0.4 is 20.4 Å². The molecule has 0 spiro atoms. The first-order valence-corrected chi connectivity index (χ1v) is 9.56. The topological polar surface area (TPSA) is 86.3 Å². The third-order valence-electron chi connectivity index (χ3n) is 4.83. The van der Waals surface area contributed by atoms with E-state index in [4.69, 9.17) is 0 Å². The van der Waals surface area contributed by atoms with Crippen LogP contribution in [0.4, 0.5) is 27.9 Å². The fraction of sp³-hybridized carbons (Fsp3) is 0.238. The molecule has 2 aromatic heterocycles. The lowest BCUT2D eigenvalue weighted by Crippen LogP contribution is -2.47. The first kappa shape index (κ1) is 18.7. The summed E-state index contributed by atoms with van der Waals surface area (Å²) in [4.78, 5) is 29.8. The van der Waals surface area contributed by atoms with E-state index < -0.39 is 0 Å². The highest BCUT2D eigenvalue weighted by atomic mass is 16.2. The van der Waals surface area contributed by atoms with E-state index in [0.29, 0.717) is 11.6 Å². The van der Waals surface area contributed by atoms with Gasteiger partial charge < -0.3 is 20.4 Å². The summed E-state index contributed by atoms with van der Waals surface area (Å²) >= 11 is 0. The molecule has 1 aliphatic heterocycles. The molecule has 0 bridgehead atoms. The Hall–Kier alpha value is -3.68. The summed E-state index contributed by atoms with van der Waals surface area (Å²) in [6, 6.07) is 13.2. The number of para-hydroxylation sites is 1. The number of pyridine rings is 1. The lowest BCUT2D eigenvalue weighted by Gasteiger charge is -2.35. The number of benzene rings is 1. The molecule has 0 saturated carbocycles. The molecule has 2 amide bonds. The SMILES string of the molecule is Cc1ccccc1NC(=O)Nc1cnc(N2CCN(c3ccccn3)CC2)nc1. The number of nitrogens with one attached hydrogen (secondary N) is 2. The highest BCUT2D eigenvalue weighted by Gasteiger charge is 2.19. The highest BCUT2D eigenvalue weighted by molar-refractivity contribution is 6.00. The largest absolute Gasteiger partial charge is 0.353 e. The molecule has 148 valence electrons. The van der Waals surface area contributed by atoms with Gasteiger partial charge in [0.1, 0.15) is 5.82 Å². The zero-order valence-corrected chi connectivity index (χ0v) is 16.2.